The number of rotatable bonds is 4. The summed E-state index contributed by atoms with van der Waals surface area (Å²) in [5, 5.41) is 3.28. The van der Waals surface area contributed by atoms with Gasteiger partial charge in [-0.15, -0.1) is 0 Å². The zero-order valence-electron chi connectivity index (χ0n) is 9.17. The molecule has 78 valence electrons. The van der Waals surface area contributed by atoms with Crippen molar-refractivity contribution in [3.05, 3.63) is 17.8 Å². The van der Waals surface area contributed by atoms with E-state index in [0.29, 0.717) is 0 Å². The van der Waals surface area contributed by atoms with Crippen LogP contribution in [0.2, 0.25) is 0 Å². The van der Waals surface area contributed by atoms with Crippen molar-refractivity contribution in [1.29, 1.82) is 0 Å². The molecule has 0 amide bonds. The van der Waals surface area contributed by atoms with Crippen LogP contribution in [-0.4, -0.2) is 11.5 Å². The molecule has 0 saturated heterocycles. The molecular formula is C11H19N3. The number of nitrogen functional groups attached to an aromatic ring is 1. The second-order valence-corrected chi connectivity index (χ2v) is 3.98. The Morgan fingerprint density at radius 3 is 2.71 bits per heavy atom. The summed E-state index contributed by atoms with van der Waals surface area (Å²) in [6.45, 7) is 7.31. The molecule has 1 rings (SSSR count). The molecule has 1 heterocycles. The van der Waals surface area contributed by atoms with Crippen LogP contribution in [0.4, 0.5) is 11.5 Å². The molecule has 0 aliphatic carbocycles. The van der Waals surface area contributed by atoms with E-state index in [0.717, 1.165) is 36.1 Å². The monoisotopic (exact) mass is 193 g/mol. The summed E-state index contributed by atoms with van der Waals surface area (Å²) < 4.78 is 0. The van der Waals surface area contributed by atoms with Crippen molar-refractivity contribution < 1.29 is 0 Å². The summed E-state index contributed by atoms with van der Waals surface area (Å²) in [5.74, 6) is 1.63. The molecule has 0 atom stereocenters. The first-order valence-electron chi connectivity index (χ1n) is 5.06. The Morgan fingerprint density at radius 2 is 2.14 bits per heavy atom. The lowest BCUT2D eigenvalue weighted by Crippen LogP contribution is -2.07. The standard InChI is InChI=1S/C11H19N3/c1-8(2)6-7-13-11-5-4-10(12)9(3)14-11/h4-5,8H,6-7,12H2,1-3H3,(H,13,14). The molecule has 0 spiro atoms. The van der Waals surface area contributed by atoms with Crippen LogP contribution >= 0.6 is 0 Å². The maximum absolute atomic E-state index is 5.68. The smallest absolute Gasteiger partial charge is 0.126 e. The maximum atomic E-state index is 5.68. The van der Waals surface area contributed by atoms with Crippen LogP contribution in [0.5, 0.6) is 0 Å². The quantitative estimate of drug-likeness (QED) is 0.772. The highest BCUT2D eigenvalue weighted by atomic mass is 15.0. The zero-order valence-corrected chi connectivity index (χ0v) is 9.17. The summed E-state index contributed by atoms with van der Waals surface area (Å²) in [7, 11) is 0. The van der Waals surface area contributed by atoms with Gasteiger partial charge in [0.2, 0.25) is 0 Å². The molecular weight excluding hydrogens is 174 g/mol. The van der Waals surface area contributed by atoms with Crippen molar-refractivity contribution in [3.8, 4) is 0 Å². The largest absolute Gasteiger partial charge is 0.397 e. The molecule has 3 nitrogen and oxygen atoms in total. The number of aromatic nitrogens is 1. The molecule has 3 heteroatoms. The number of aryl methyl sites for hydroxylation is 1. The van der Waals surface area contributed by atoms with Gasteiger partial charge in [-0.25, -0.2) is 4.98 Å². The van der Waals surface area contributed by atoms with Crippen LogP contribution < -0.4 is 11.1 Å². The highest BCUT2D eigenvalue weighted by Crippen LogP contribution is 2.12. The Kier molecular flexibility index (Phi) is 3.74. The van der Waals surface area contributed by atoms with Crippen LogP contribution in [0.3, 0.4) is 0 Å². The lowest BCUT2D eigenvalue weighted by Gasteiger charge is -2.08. The number of hydrogen-bond donors (Lipinski definition) is 2. The van der Waals surface area contributed by atoms with Crippen molar-refractivity contribution in [2.45, 2.75) is 27.2 Å². The Bertz CT molecular complexity index is 295. The predicted molar refractivity (Wildman–Crippen MR) is 61.3 cm³/mol. The molecule has 0 unspecified atom stereocenters. The van der Waals surface area contributed by atoms with Gasteiger partial charge in [0.1, 0.15) is 5.82 Å². The molecule has 14 heavy (non-hydrogen) atoms. The van der Waals surface area contributed by atoms with Gasteiger partial charge in [0.15, 0.2) is 0 Å². The lowest BCUT2D eigenvalue weighted by atomic mass is 10.1. The minimum atomic E-state index is 0.720. The first-order valence-corrected chi connectivity index (χ1v) is 5.06. The molecule has 3 N–H and O–H groups in total. The van der Waals surface area contributed by atoms with E-state index < -0.39 is 0 Å². The SMILES string of the molecule is Cc1nc(NCCC(C)C)ccc1N. The number of hydrogen-bond acceptors (Lipinski definition) is 3. The fourth-order valence-electron chi connectivity index (χ4n) is 1.16. The first kappa shape index (κ1) is 10.8. The molecule has 0 fully saturated rings. The first-order chi connectivity index (χ1) is 6.59. The van der Waals surface area contributed by atoms with E-state index in [1.807, 2.05) is 19.1 Å². The second-order valence-electron chi connectivity index (χ2n) is 3.98. The molecule has 0 radical (unpaired) electrons. The van der Waals surface area contributed by atoms with E-state index in [9.17, 15) is 0 Å². The average molecular weight is 193 g/mol. The van der Waals surface area contributed by atoms with Gasteiger partial charge < -0.3 is 11.1 Å². The maximum Gasteiger partial charge on any atom is 0.126 e. The number of pyridine rings is 1. The Hall–Kier alpha value is -1.25. The number of nitrogens with two attached hydrogens (primary N) is 1. The number of anilines is 2. The van der Waals surface area contributed by atoms with E-state index in [1.54, 1.807) is 0 Å². The van der Waals surface area contributed by atoms with Gasteiger partial charge in [-0.1, -0.05) is 13.8 Å². The van der Waals surface area contributed by atoms with Crippen molar-refractivity contribution in [2.75, 3.05) is 17.6 Å². The zero-order chi connectivity index (χ0) is 10.6. The van der Waals surface area contributed by atoms with Crippen molar-refractivity contribution >= 4 is 11.5 Å². The summed E-state index contributed by atoms with van der Waals surface area (Å²) in [5.41, 5.74) is 7.31. The Balaban J connectivity index is 2.47. The topological polar surface area (TPSA) is 50.9 Å². The second kappa shape index (κ2) is 4.84. The van der Waals surface area contributed by atoms with Crippen LogP contribution in [0.1, 0.15) is 26.0 Å². The highest BCUT2D eigenvalue weighted by Gasteiger charge is 1.98. The Morgan fingerprint density at radius 1 is 1.43 bits per heavy atom. The van der Waals surface area contributed by atoms with E-state index in [1.165, 1.54) is 0 Å². The predicted octanol–water partition coefficient (Wildman–Crippen LogP) is 2.43. The molecule has 0 saturated carbocycles. The highest BCUT2D eigenvalue weighted by molar-refractivity contribution is 5.48. The summed E-state index contributed by atoms with van der Waals surface area (Å²) in [6.07, 6.45) is 1.16. The number of nitrogens with one attached hydrogen (secondary N) is 1. The van der Waals surface area contributed by atoms with E-state index >= 15 is 0 Å². The minimum absolute atomic E-state index is 0.720. The third-order valence-corrected chi connectivity index (χ3v) is 2.15. The van der Waals surface area contributed by atoms with E-state index in [2.05, 4.69) is 24.1 Å². The molecule has 1 aromatic rings. The lowest BCUT2D eigenvalue weighted by molar-refractivity contribution is 0.606. The van der Waals surface area contributed by atoms with Crippen molar-refractivity contribution in [3.63, 3.8) is 0 Å². The summed E-state index contributed by atoms with van der Waals surface area (Å²) in [4.78, 5) is 4.33. The van der Waals surface area contributed by atoms with Gasteiger partial charge in [-0.3, -0.25) is 0 Å². The summed E-state index contributed by atoms with van der Waals surface area (Å²) in [6, 6.07) is 3.81. The molecule has 0 aliphatic rings. The summed E-state index contributed by atoms with van der Waals surface area (Å²) >= 11 is 0. The van der Waals surface area contributed by atoms with Crippen molar-refractivity contribution in [2.24, 2.45) is 5.92 Å². The number of nitrogens with zero attached hydrogens (tertiary/aromatic N) is 1. The fourth-order valence-corrected chi connectivity index (χ4v) is 1.16. The van der Waals surface area contributed by atoms with Crippen LogP contribution in [-0.2, 0) is 0 Å². The van der Waals surface area contributed by atoms with E-state index in [-0.39, 0.29) is 0 Å². The van der Waals surface area contributed by atoms with Gasteiger partial charge in [0.05, 0.1) is 11.4 Å². The van der Waals surface area contributed by atoms with Crippen LogP contribution in [0, 0.1) is 12.8 Å². The molecule has 0 aromatic carbocycles. The van der Waals surface area contributed by atoms with Gasteiger partial charge in [0.25, 0.3) is 0 Å². The van der Waals surface area contributed by atoms with Gasteiger partial charge >= 0.3 is 0 Å². The van der Waals surface area contributed by atoms with E-state index in [4.69, 9.17) is 5.73 Å². The van der Waals surface area contributed by atoms with Crippen molar-refractivity contribution in [1.82, 2.24) is 4.98 Å². The third kappa shape index (κ3) is 3.24. The average Bonchev–Trinajstić information content (AvgIpc) is 2.10. The van der Waals surface area contributed by atoms with Gasteiger partial charge in [0, 0.05) is 6.54 Å². The molecule has 0 bridgehead atoms. The fraction of sp³-hybridized carbons (Fsp3) is 0.545. The van der Waals surface area contributed by atoms with Crippen LogP contribution in [0.25, 0.3) is 0 Å². The Labute approximate surface area is 85.7 Å². The van der Waals surface area contributed by atoms with Crippen LogP contribution in [0.15, 0.2) is 12.1 Å². The minimum Gasteiger partial charge on any atom is -0.397 e. The third-order valence-electron chi connectivity index (χ3n) is 2.15. The van der Waals surface area contributed by atoms with Gasteiger partial charge in [-0.2, -0.15) is 0 Å². The molecule has 1 aromatic heterocycles. The normalized spacial score (nSPS) is 10.6. The van der Waals surface area contributed by atoms with Gasteiger partial charge in [-0.05, 0) is 31.4 Å². The molecule has 0 aliphatic heterocycles.